The largest absolute Gasteiger partial charge is 0.445 e. The Kier molecular flexibility index (Phi) is 14.5. The molecule has 0 aliphatic rings. The van der Waals surface area contributed by atoms with Gasteiger partial charge >= 0.3 is 6.09 Å². The minimum atomic E-state index is -0.897. The minimum absolute atomic E-state index is 0.0391. The van der Waals surface area contributed by atoms with Crippen LogP contribution >= 0.6 is 0 Å². The molecule has 0 aliphatic carbocycles. The Morgan fingerprint density at radius 1 is 0.789 bits per heavy atom. The number of ether oxygens (including phenoxy) is 2. The van der Waals surface area contributed by atoms with Crippen molar-refractivity contribution in [2.45, 2.75) is 64.8 Å². The fourth-order valence-electron chi connectivity index (χ4n) is 3.55. The fraction of sp³-hybridized carbons (Fsp3) is 0.483. The average Bonchev–Trinajstić information content (AvgIpc) is 2.91. The molecule has 2 aromatic carbocycles. The van der Waals surface area contributed by atoms with E-state index in [0.29, 0.717) is 44.9 Å². The molecule has 0 aliphatic heterocycles. The molecule has 0 bridgehead atoms. The zero-order valence-electron chi connectivity index (χ0n) is 22.5. The summed E-state index contributed by atoms with van der Waals surface area (Å²) < 4.78 is 10.8. The highest BCUT2D eigenvalue weighted by Crippen LogP contribution is 2.05. The minimum Gasteiger partial charge on any atom is -0.445 e. The van der Waals surface area contributed by atoms with Gasteiger partial charge in [-0.1, -0.05) is 74.5 Å². The standard InChI is InChI=1S/C29H42N4O5/c1-22(2)16-18-31-28(35)26(33-27(34)25(30)21-37-19-23-11-5-3-6-12-23)15-9-10-17-32-29(36)38-20-24-13-7-4-8-14-24/h3-8,11-14,22,25-26H,9-10,15-21,30H2,1-2H3,(H,31,35)(H,32,36)(H,33,34)/t25-,26-/m0/s1. The van der Waals surface area contributed by atoms with Crippen molar-refractivity contribution in [2.75, 3.05) is 19.7 Å². The van der Waals surface area contributed by atoms with Crippen LogP contribution in [0.3, 0.4) is 0 Å². The first-order chi connectivity index (χ1) is 18.3. The monoisotopic (exact) mass is 526 g/mol. The third-order valence-electron chi connectivity index (χ3n) is 5.80. The topological polar surface area (TPSA) is 132 Å². The quantitative estimate of drug-likeness (QED) is 0.234. The van der Waals surface area contributed by atoms with Crippen molar-refractivity contribution in [3.05, 3.63) is 71.8 Å². The van der Waals surface area contributed by atoms with Gasteiger partial charge in [0.1, 0.15) is 18.7 Å². The van der Waals surface area contributed by atoms with Crippen LogP contribution in [0.15, 0.2) is 60.7 Å². The second-order valence-corrected chi connectivity index (χ2v) is 9.63. The van der Waals surface area contributed by atoms with E-state index in [-0.39, 0.29) is 19.1 Å². The van der Waals surface area contributed by atoms with Crippen LogP contribution in [-0.4, -0.2) is 49.7 Å². The van der Waals surface area contributed by atoms with Gasteiger partial charge in [0, 0.05) is 13.1 Å². The Hall–Kier alpha value is -3.43. The number of rotatable bonds is 17. The summed E-state index contributed by atoms with van der Waals surface area (Å²) in [5.41, 5.74) is 7.92. The van der Waals surface area contributed by atoms with Crippen molar-refractivity contribution in [3.8, 4) is 0 Å². The summed E-state index contributed by atoms with van der Waals surface area (Å²) in [6, 6.07) is 17.4. The second-order valence-electron chi connectivity index (χ2n) is 9.63. The van der Waals surface area contributed by atoms with Crippen molar-refractivity contribution in [3.63, 3.8) is 0 Å². The molecule has 0 aromatic heterocycles. The van der Waals surface area contributed by atoms with Gasteiger partial charge in [0.2, 0.25) is 11.8 Å². The third kappa shape index (κ3) is 13.2. The van der Waals surface area contributed by atoms with Crippen LogP contribution in [0.1, 0.15) is 50.7 Å². The van der Waals surface area contributed by atoms with E-state index in [1.54, 1.807) is 0 Å². The van der Waals surface area contributed by atoms with Gasteiger partial charge in [-0.25, -0.2) is 4.79 Å². The number of amides is 3. The van der Waals surface area contributed by atoms with Gasteiger partial charge in [0.25, 0.3) is 0 Å². The molecule has 3 amide bonds. The summed E-state index contributed by atoms with van der Waals surface area (Å²) in [5.74, 6) is -0.234. The first-order valence-electron chi connectivity index (χ1n) is 13.2. The van der Waals surface area contributed by atoms with E-state index in [2.05, 4.69) is 29.8 Å². The molecule has 0 saturated heterocycles. The number of hydrogen-bond acceptors (Lipinski definition) is 6. The Morgan fingerprint density at radius 2 is 1.42 bits per heavy atom. The van der Waals surface area contributed by atoms with Gasteiger partial charge in [-0.05, 0) is 42.7 Å². The van der Waals surface area contributed by atoms with Gasteiger partial charge in [0.05, 0.1) is 13.2 Å². The molecule has 0 spiro atoms. The molecule has 208 valence electrons. The number of benzene rings is 2. The molecular formula is C29H42N4O5. The fourth-order valence-corrected chi connectivity index (χ4v) is 3.55. The maximum atomic E-state index is 12.8. The van der Waals surface area contributed by atoms with Crippen LogP contribution < -0.4 is 21.7 Å². The molecule has 2 rings (SSSR count). The zero-order valence-corrected chi connectivity index (χ0v) is 22.5. The van der Waals surface area contributed by atoms with Crippen molar-refractivity contribution >= 4 is 17.9 Å². The van der Waals surface area contributed by atoms with Crippen molar-refractivity contribution < 1.29 is 23.9 Å². The van der Waals surface area contributed by atoms with Gasteiger partial charge in [-0.15, -0.1) is 0 Å². The van der Waals surface area contributed by atoms with Crippen molar-refractivity contribution in [1.82, 2.24) is 16.0 Å². The van der Waals surface area contributed by atoms with E-state index >= 15 is 0 Å². The predicted molar refractivity (Wildman–Crippen MR) is 147 cm³/mol. The van der Waals surface area contributed by atoms with Crippen LogP contribution in [0.4, 0.5) is 4.79 Å². The summed E-state index contributed by atoms with van der Waals surface area (Å²) in [7, 11) is 0. The first-order valence-corrected chi connectivity index (χ1v) is 13.2. The van der Waals surface area contributed by atoms with E-state index in [0.717, 1.165) is 17.5 Å². The molecule has 38 heavy (non-hydrogen) atoms. The lowest BCUT2D eigenvalue weighted by atomic mass is 10.1. The van der Waals surface area contributed by atoms with Crippen LogP contribution in [0, 0.1) is 5.92 Å². The lowest BCUT2D eigenvalue weighted by molar-refractivity contribution is -0.130. The zero-order chi connectivity index (χ0) is 27.6. The van der Waals surface area contributed by atoms with E-state index < -0.39 is 24.1 Å². The third-order valence-corrected chi connectivity index (χ3v) is 5.80. The lowest BCUT2D eigenvalue weighted by Crippen LogP contribution is -2.53. The van der Waals surface area contributed by atoms with E-state index in [1.807, 2.05) is 60.7 Å². The normalized spacial score (nSPS) is 12.4. The Balaban J connectivity index is 1.74. The highest BCUT2D eigenvalue weighted by Gasteiger charge is 2.23. The van der Waals surface area contributed by atoms with Gasteiger partial charge in [-0.3, -0.25) is 9.59 Å². The average molecular weight is 527 g/mol. The number of carbonyl (C=O) groups is 3. The molecule has 0 fully saturated rings. The second kappa shape index (κ2) is 17.9. The Bertz CT molecular complexity index is 956. The molecule has 2 atom stereocenters. The summed E-state index contributed by atoms with van der Waals surface area (Å²) in [6.45, 7) is 5.68. The highest BCUT2D eigenvalue weighted by atomic mass is 16.5. The number of carbonyl (C=O) groups excluding carboxylic acids is 3. The molecule has 0 saturated carbocycles. The Labute approximate surface area is 225 Å². The number of unbranched alkanes of at least 4 members (excludes halogenated alkanes) is 1. The van der Waals surface area contributed by atoms with Crippen LogP contribution in [-0.2, 0) is 32.3 Å². The predicted octanol–water partition coefficient (Wildman–Crippen LogP) is 3.27. The van der Waals surface area contributed by atoms with Crippen LogP contribution in [0.5, 0.6) is 0 Å². The molecule has 0 radical (unpaired) electrons. The molecule has 0 unspecified atom stereocenters. The Morgan fingerprint density at radius 3 is 2.05 bits per heavy atom. The van der Waals surface area contributed by atoms with Crippen LogP contribution in [0.2, 0.25) is 0 Å². The molecular weight excluding hydrogens is 484 g/mol. The van der Waals surface area contributed by atoms with Crippen molar-refractivity contribution in [2.24, 2.45) is 11.7 Å². The molecule has 2 aromatic rings. The smallest absolute Gasteiger partial charge is 0.407 e. The molecule has 9 nitrogen and oxygen atoms in total. The lowest BCUT2D eigenvalue weighted by Gasteiger charge is -2.21. The van der Waals surface area contributed by atoms with E-state index in [4.69, 9.17) is 15.2 Å². The molecule has 0 heterocycles. The van der Waals surface area contributed by atoms with Gasteiger partial charge in [-0.2, -0.15) is 0 Å². The summed E-state index contributed by atoms with van der Waals surface area (Å²) in [6.07, 6.45) is 2.00. The van der Waals surface area contributed by atoms with Gasteiger partial charge < -0.3 is 31.2 Å². The highest BCUT2D eigenvalue weighted by molar-refractivity contribution is 5.89. The first kappa shape index (κ1) is 30.8. The number of nitrogens with two attached hydrogens (primary N) is 1. The number of hydrogen-bond donors (Lipinski definition) is 4. The number of alkyl carbamates (subject to hydrolysis) is 1. The maximum Gasteiger partial charge on any atom is 0.407 e. The van der Waals surface area contributed by atoms with Gasteiger partial charge in [0.15, 0.2) is 0 Å². The summed E-state index contributed by atoms with van der Waals surface area (Å²) in [5, 5.41) is 8.39. The van der Waals surface area contributed by atoms with Crippen LogP contribution in [0.25, 0.3) is 0 Å². The molecule has 5 N–H and O–H groups in total. The van der Waals surface area contributed by atoms with E-state index in [1.165, 1.54) is 0 Å². The summed E-state index contributed by atoms with van der Waals surface area (Å²) in [4.78, 5) is 37.4. The molecule has 9 heteroatoms. The summed E-state index contributed by atoms with van der Waals surface area (Å²) >= 11 is 0. The maximum absolute atomic E-state index is 12.8. The van der Waals surface area contributed by atoms with Crippen molar-refractivity contribution in [1.29, 1.82) is 0 Å². The SMILES string of the molecule is CC(C)CCNC(=O)[C@H](CCCCNC(=O)OCc1ccccc1)NC(=O)[C@@H](N)COCc1ccccc1. The number of nitrogens with one attached hydrogen (secondary N) is 3. The van der Waals surface area contributed by atoms with E-state index in [9.17, 15) is 14.4 Å².